The Morgan fingerprint density at radius 2 is 2.00 bits per heavy atom. The van der Waals surface area contributed by atoms with E-state index in [0.29, 0.717) is 24.4 Å². The van der Waals surface area contributed by atoms with Crippen LogP contribution in [0.15, 0.2) is 47.1 Å². The summed E-state index contributed by atoms with van der Waals surface area (Å²) in [5.41, 5.74) is 2.94. The van der Waals surface area contributed by atoms with Crippen LogP contribution in [0.3, 0.4) is 0 Å². The van der Waals surface area contributed by atoms with Crippen molar-refractivity contribution in [3.8, 4) is 5.75 Å². The van der Waals surface area contributed by atoms with Crippen molar-refractivity contribution in [2.75, 3.05) is 13.1 Å². The lowest BCUT2D eigenvalue weighted by Crippen LogP contribution is -2.34. The first kappa shape index (κ1) is 13.5. The minimum Gasteiger partial charge on any atom is -0.508 e. The van der Waals surface area contributed by atoms with Crippen LogP contribution >= 0.6 is 0 Å². The predicted octanol–water partition coefficient (Wildman–Crippen LogP) is 3.22. The van der Waals surface area contributed by atoms with Crippen LogP contribution in [0.5, 0.6) is 5.75 Å². The van der Waals surface area contributed by atoms with E-state index in [4.69, 9.17) is 4.42 Å². The van der Waals surface area contributed by atoms with Gasteiger partial charge in [0, 0.05) is 13.1 Å². The van der Waals surface area contributed by atoms with Crippen molar-refractivity contribution in [1.29, 1.82) is 0 Å². The summed E-state index contributed by atoms with van der Waals surface area (Å²) < 4.78 is 5.19. The first-order valence-electron chi connectivity index (χ1n) is 6.97. The second kappa shape index (κ2) is 5.48. The standard InChI is InChI=1S/C17H17NO3/c1-12-16(8-11-21-12)17(20)18-9-6-14(7-10-18)13-2-4-15(19)5-3-13/h2-6,8,11,19H,7,9-10H2,1H3. The van der Waals surface area contributed by atoms with E-state index in [1.807, 2.05) is 17.0 Å². The molecule has 0 unspecified atom stereocenters. The zero-order chi connectivity index (χ0) is 14.8. The average molecular weight is 283 g/mol. The number of phenolic OH excluding ortho intramolecular Hbond substituents is 1. The highest BCUT2D eigenvalue weighted by molar-refractivity contribution is 5.95. The summed E-state index contributed by atoms with van der Waals surface area (Å²) in [5, 5.41) is 9.32. The van der Waals surface area contributed by atoms with Crippen LogP contribution in [0, 0.1) is 6.92 Å². The summed E-state index contributed by atoms with van der Waals surface area (Å²) >= 11 is 0. The Balaban J connectivity index is 1.73. The molecule has 3 rings (SSSR count). The highest BCUT2D eigenvalue weighted by Gasteiger charge is 2.21. The molecule has 0 saturated carbocycles. The number of hydrogen-bond donors (Lipinski definition) is 1. The molecule has 0 radical (unpaired) electrons. The second-order valence-corrected chi connectivity index (χ2v) is 5.17. The third kappa shape index (κ3) is 2.70. The quantitative estimate of drug-likeness (QED) is 0.920. The zero-order valence-corrected chi connectivity index (χ0v) is 11.9. The predicted molar refractivity (Wildman–Crippen MR) is 80.0 cm³/mol. The first-order valence-corrected chi connectivity index (χ1v) is 6.97. The summed E-state index contributed by atoms with van der Waals surface area (Å²) in [6.07, 6.45) is 4.43. The minimum absolute atomic E-state index is 0.0160. The number of nitrogens with zero attached hydrogens (tertiary/aromatic N) is 1. The molecule has 108 valence electrons. The maximum absolute atomic E-state index is 12.4. The molecule has 1 aliphatic rings. The maximum atomic E-state index is 12.4. The molecular formula is C17H17NO3. The summed E-state index contributed by atoms with van der Waals surface area (Å²) in [4.78, 5) is 14.2. The summed E-state index contributed by atoms with van der Waals surface area (Å²) in [5.74, 6) is 0.943. The highest BCUT2D eigenvalue weighted by atomic mass is 16.3. The molecule has 0 bridgehead atoms. The van der Waals surface area contributed by atoms with Crippen LogP contribution in [-0.2, 0) is 0 Å². The van der Waals surface area contributed by atoms with E-state index >= 15 is 0 Å². The summed E-state index contributed by atoms with van der Waals surface area (Å²) in [7, 11) is 0. The first-order chi connectivity index (χ1) is 10.1. The molecule has 0 saturated heterocycles. The number of hydrogen-bond acceptors (Lipinski definition) is 3. The molecular weight excluding hydrogens is 266 g/mol. The van der Waals surface area contributed by atoms with Gasteiger partial charge < -0.3 is 14.4 Å². The van der Waals surface area contributed by atoms with Gasteiger partial charge in [0.05, 0.1) is 11.8 Å². The Labute approximate surface area is 123 Å². The molecule has 0 fully saturated rings. The van der Waals surface area contributed by atoms with Gasteiger partial charge >= 0.3 is 0 Å². The Morgan fingerprint density at radius 3 is 2.57 bits per heavy atom. The largest absolute Gasteiger partial charge is 0.508 e. The van der Waals surface area contributed by atoms with Gasteiger partial charge in [-0.15, -0.1) is 0 Å². The smallest absolute Gasteiger partial charge is 0.257 e. The molecule has 4 heteroatoms. The third-order valence-electron chi connectivity index (χ3n) is 3.82. The van der Waals surface area contributed by atoms with Crippen molar-refractivity contribution >= 4 is 11.5 Å². The Hall–Kier alpha value is -2.49. The lowest BCUT2D eigenvalue weighted by atomic mass is 9.99. The zero-order valence-electron chi connectivity index (χ0n) is 11.9. The fraction of sp³-hybridized carbons (Fsp3) is 0.235. The van der Waals surface area contributed by atoms with E-state index in [9.17, 15) is 9.90 Å². The SMILES string of the molecule is Cc1occc1C(=O)N1CC=C(c2ccc(O)cc2)CC1. The van der Waals surface area contributed by atoms with E-state index in [1.165, 1.54) is 5.57 Å². The molecule has 1 amide bonds. The molecule has 1 N–H and O–H groups in total. The molecule has 0 aliphatic carbocycles. The molecule has 2 aromatic rings. The molecule has 0 spiro atoms. The number of furan rings is 1. The number of carbonyl (C=O) groups excluding carboxylic acids is 1. The van der Waals surface area contributed by atoms with Crippen LogP contribution in [0.4, 0.5) is 0 Å². The number of amides is 1. The van der Waals surface area contributed by atoms with Crippen LogP contribution in [0.25, 0.3) is 5.57 Å². The van der Waals surface area contributed by atoms with Crippen LogP contribution < -0.4 is 0 Å². The Morgan fingerprint density at radius 1 is 1.24 bits per heavy atom. The fourth-order valence-corrected chi connectivity index (χ4v) is 2.57. The maximum Gasteiger partial charge on any atom is 0.257 e. The molecule has 0 atom stereocenters. The topological polar surface area (TPSA) is 53.7 Å². The number of aromatic hydroxyl groups is 1. The van der Waals surface area contributed by atoms with E-state index in [-0.39, 0.29) is 11.7 Å². The molecule has 1 aromatic carbocycles. The minimum atomic E-state index is 0.0160. The van der Waals surface area contributed by atoms with Crippen LogP contribution in [0.1, 0.15) is 28.1 Å². The molecule has 2 heterocycles. The summed E-state index contributed by atoms with van der Waals surface area (Å²) in [6.45, 7) is 3.09. The van der Waals surface area contributed by atoms with Gasteiger partial charge in [-0.1, -0.05) is 18.2 Å². The number of carbonyl (C=O) groups is 1. The monoisotopic (exact) mass is 283 g/mol. The van der Waals surface area contributed by atoms with Crippen molar-refractivity contribution in [2.45, 2.75) is 13.3 Å². The second-order valence-electron chi connectivity index (χ2n) is 5.17. The van der Waals surface area contributed by atoms with Gasteiger partial charge in [-0.2, -0.15) is 0 Å². The van der Waals surface area contributed by atoms with Crippen molar-refractivity contribution in [2.24, 2.45) is 0 Å². The van der Waals surface area contributed by atoms with Crippen molar-refractivity contribution in [1.82, 2.24) is 4.90 Å². The van der Waals surface area contributed by atoms with Gasteiger partial charge in [0.1, 0.15) is 11.5 Å². The van der Waals surface area contributed by atoms with Crippen molar-refractivity contribution in [3.05, 3.63) is 59.6 Å². The molecule has 1 aromatic heterocycles. The number of benzene rings is 1. The Kier molecular flexibility index (Phi) is 3.52. The van der Waals surface area contributed by atoms with Gasteiger partial charge in [0.15, 0.2) is 0 Å². The van der Waals surface area contributed by atoms with Crippen LogP contribution in [0.2, 0.25) is 0 Å². The molecule has 4 nitrogen and oxygen atoms in total. The molecule has 21 heavy (non-hydrogen) atoms. The van der Waals surface area contributed by atoms with Gasteiger partial charge in [-0.3, -0.25) is 4.79 Å². The molecule has 1 aliphatic heterocycles. The van der Waals surface area contributed by atoms with Gasteiger partial charge in [0.2, 0.25) is 0 Å². The van der Waals surface area contributed by atoms with Crippen molar-refractivity contribution in [3.63, 3.8) is 0 Å². The normalized spacial score (nSPS) is 14.9. The van der Waals surface area contributed by atoms with Crippen molar-refractivity contribution < 1.29 is 14.3 Å². The number of phenols is 1. The lowest BCUT2D eigenvalue weighted by Gasteiger charge is -2.26. The average Bonchev–Trinajstić information content (AvgIpc) is 2.94. The third-order valence-corrected chi connectivity index (χ3v) is 3.82. The van der Waals surface area contributed by atoms with E-state index < -0.39 is 0 Å². The van der Waals surface area contributed by atoms with E-state index in [1.54, 1.807) is 31.4 Å². The van der Waals surface area contributed by atoms with E-state index in [0.717, 1.165) is 12.0 Å². The Bertz CT molecular complexity index is 682. The van der Waals surface area contributed by atoms with Gasteiger partial charge in [-0.25, -0.2) is 0 Å². The van der Waals surface area contributed by atoms with Gasteiger partial charge in [-0.05, 0) is 42.7 Å². The number of rotatable bonds is 2. The van der Waals surface area contributed by atoms with Gasteiger partial charge in [0.25, 0.3) is 5.91 Å². The summed E-state index contributed by atoms with van der Waals surface area (Å²) in [6, 6.07) is 8.89. The van der Waals surface area contributed by atoms with Crippen LogP contribution in [-0.4, -0.2) is 29.0 Å². The number of aryl methyl sites for hydroxylation is 1. The lowest BCUT2D eigenvalue weighted by molar-refractivity contribution is 0.0771. The highest BCUT2D eigenvalue weighted by Crippen LogP contribution is 2.25. The van der Waals surface area contributed by atoms with E-state index in [2.05, 4.69) is 6.08 Å². The fourth-order valence-electron chi connectivity index (χ4n) is 2.57.